The molecule has 1 aliphatic rings. The Balaban J connectivity index is 1.68. The first-order valence-corrected chi connectivity index (χ1v) is 11.8. The molecule has 0 saturated carbocycles. The molecule has 0 aliphatic heterocycles. The van der Waals surface area contributed by atoms with Crippen LogP contribution in [0.1, 0.15) is 42.5 Å². The standard InChI is InChI=1S/C21H22N6OS2/c1-2-10-27-16(12-28)25-26-21(27)30-20-17-14-7-3-4-8-15(14)29-19(17)23-18(24-20)13-6-5-9-22-11-13/h5-6,9,11,28H,2-4,7-8,10,12H2,1H3. The van der Waals surface area contributed by atoms with Crippen molar-refractivity contribution in [3.63, 3.8) is 0 Å². The molecule has 0 aromatic carbocycles. The number of hydrogen-bond donors (Lipinski definition) is 1. The molecule has 1 aliphatic carbocycles. The summed E-state index contributed by atoms with van der Waals surface area (Å²) in [6.45, 7) is 2.74. The van der Waals surface area contributed by atoms with Crippen molar-refractivity contribution < 1.29 is 5.11 Å². The molecule has 0 atom stereocenters. The average molecular weight is 439 g/mol. The van der Waals surface area contributed by atoms with E-state index < -0.39 is 0 Å². The van der Waals surface area contributed by atoms with Crippen LogP contribution in [0.25, 0.3) is 21.6 Å². The molecule has 5 rings (SSSR count). The van der Waals surface area contributed by atoms with Crippen molar-refractivity contribution in [3.8, 4) is 11.4 Å². The van der Waals surface area contributed by atoms with Crippen molar-refractivity contribution in [1.82, 2.24) is 29.7 Å². The lowest BCUT2D eigenvalue weighted by Gasteiger charge is -2.12. The highest BCUT2D eigenvalue weighted by Gasteiger charge is 2.23. The third-order valence-corrected chi connectivity index (χ3v) is 7.43. The predicted octanol–water partition coefficient (Wildman–Crippen LogP) is 4.28. The second kappa shape index (κ2) is 8.41. The zero-order valence-electron chi connectivity index (χ0n) is 16.7. The van der Waals surface area contributed by atoms with Gasteiger partial charge in [0.1, 0.15) is 16.5 Å². The highest BCUT2D eigenvalue weighted by molar-refractivity contribution is 7.99. The molecule has 0 amide bonds. The molecular weight excluding hydrogens is 416 g/mol. The zero-order chi connectivity index (χ0) is 20.5. The Morgan fingerprint density at radius 3 is 2.90 bits per heavy atom. The van der Waals surface area contributed by atoms with Gasteiger partial charge in [0.2, 0.25) is 0 Å². The van der Waals surface area contributed by atoms with Gasteiger partial charge >= 0.3 is 0 Å². The first-order valence-electron chi connectivity index (χ1n) is 10.2. The largest absolute Gasteiger partial charge is 0.388 e. The molecule has 4 aromatic heterocycles. The summed E-state index contributed by atoms with van der Waals surface area (Å²) in [5.74, 6) is 1.27. The van der Waals surface area contributed by atoms with E-state index in [0.717, 1.165) is 51.8 Å². The first-order chi connectivity index (χ1) is 14.8. The molecule has 4 aromatic rings. The Kier molecular flexibility index (Phi) is 5.49. The number of aryl methyl sites for hydroxylation is 2. The van der Waals surface area contributed by atoms with E-state index in [0.29, 0.717) is 11.6 Å². The summed E-state index contributed by atoms with van der Waals surface area (Å²) in [6.07, 6.45) is 9.11. The molecule has 9 heteroatoms. The lowest BCUT2D eigenvalue weighted by molar-refractivity contribution is 0.263. The van der Waals surface area contributed by atoms with Crippen molar-refractivity contribution in [1.29, 1.82) is 0 Å². The topological polar surface area (TPSA) is 89.6 Å². The number of aliphatic hydroxyl groups is 1. The minimum atomic E-state index is -0.123. The van der Waals surface area contributed by atoms with Gasteiger partial charge in [0.15, 0.2) is 16.8 Å². The Bertz CT molecular complexity index is 1190. The highest BCUT2D eigenvalue weighted by Crippen LogP contribution is 2.42. The SMILES string of the molecule is CCCn1c(CO)nnc1Sc1nc(-c2cccnc2)nc2sc3c(c12)CCCC3. The molecule has 0 bridgehead atoms. The molecule has 4 heterocycles. The third-order valence-electron chi connectivity index (χ3n) is 5.27. The molecule has 1 N–H and O–H groups in total. The van der Waals surface area contributed by atoms with E-state index in [1.54, 1.807) is 23.7 Å². The van der Waals surface area contributed by atoms with Crippen LogP contribution in [-0.2, 0) is 26.0 Å². The smallest absolute Gasteiger partial charge is 0.197 e. The number of rotatable bonds is 6. The van der Waals surface area contributed by atoms with Gasteiger partial charge in [-0.25, -0.2) is 9.97 Å². The summed E-state index contributed by atoms with van der Waals surface area (Å²) < 4.78 is 1.99. The van der Waals surface area contributed by atoms with Crippen LogP contribution in [0.3, 0.4) is 0 Å². The van der Waals surface area contributed by atoms with E-state index in [9.17, 15) is 5.11 Å². The second-order valence-electron chi connectivity index (χ2n) is 7.30. The predicted molar refractivity (Wildman–Crippen MR) is 118 cm³/mol. The number of thiophene rings is 1. The van der Waals surface area contributed by atoms with E-state index in [2.05, 4.69) is 22.1 Å². The summed E-state index contributed by atoms with van der Waals surface area (Å²) in [7, 11) is 0. The van der Waals surface area contributed by atoms with Crippen LogP contribution in [0.15, 0.2) is 34.7 Å². The van der Waals surface area contributed by atoms with Crippen LogP contribution in [-0.4, -0.2) is 34.8 Å². The lowest BCUT2D eigenvalue weighted by Crippen LogP contribution is -2.05. The number of pyridine rings is 1. The lowest BCUT2D eigenvalue weighted by atomic mass is 9.97. The van der Waals surface area contributed by atoms with Crippen molar-refractivity contribution in [2.24, 2.45) is 0 Å². The summed E-state index contributed by atoms with van der Waals surface area (Å²) in [5, 5.41) is 21.0. The molecular formula is C21H22N6OS2. The minimum absolute atomic E-state index is 0.123. The van der Waals surface area contributed by atoms with Crippen molar-refractivity contribution in [3.05, 3.63) is 40.8 Å². The van der Waals surface area contributed by atoms with Crippen LogP contribution in [0.2, 0.25) is 0 Å². The minimum Gasteiger partial charge on any atom is -0.388 e. The van der Waals surface area contributed by atoms with Gasteiger partial charge in [-0.15, -0.1) is 21.5 Å². The van der Waals surface area contributed by atoms with E-state index in [1.165, 1.54) is 35.0 Å². The Hall–Kier alpha value is -2.36. The fourth-order valence-electron chi connectivity index (χ4n) is 3.87. The first kappa shape index (κ1) is 19.6. The monoisotopic (exact) mass is 438 g/mol. The molecule has 154 valence electrons. The van der Waals surface area contributed by atoms with Gasteiger partial charge in [0, 0.05) is 34.8 Å². The maximum absolute atomic E-state index is 9.65. The number of aliphatic hydroxyl groups excluding tert-OH is 1. The Morgan fingerprint density at radius 1 is 1.20 bits per heavy atom. The fraction of sp³-hybridized carbons (Fsp3) is 0.381. The molecule has 30 heavy (non-hydrogen) atoms. The fourth-order valence-corrected chi connectivity index (χ4v) is 6.21. The van der Waals surface area contributed by atoms with Gasteiger partial charge in [-0.2, -0.15) is 0 Å². The van der Waals surface area contributed by atoms with Crippen LogP contribution >= 0.6 is 23.1 Å². The van der Waals surface area contributed by atoms with Crippen LogP contribution < -0.4 is 0 Å². The zero-order valence-corrected chi connectivity index (χ0v) is 18.3. The molecule has 0 spiro atoms. The quantitative estimate of drug-likeness (QED) is 0.449. The van der Waals surface area contributed by atoms with E-state index in [4.69, 9.17) is 9.97 Å². The normalized spacial score (nSPS) is 13.7. The van der Waals surface area contributed by atoms with Crippen molar-refractivity contribution in [2.45, 2.75) is 62.4 Å². The summed E-state index contributed by atoms with van der Waals surface area (Å²) in [5.41, 5.74) is 2.30. The summed E-state index contributed by atoms with van der Waals surface area (Å²) in [4.78, 5) is 16.6. The van der Waals surface area contributed by atoms with Gasteiger partial charge in [0.25, 0.3) is 0 Å². The summed E-state index contributed by atoms with van der Waals surface area (Å²) in [6, 6.07) is 3.89. The Morgan fingerprint density at radius 2 is 2.10 bits per heavy atom. The average Bonchev–Trinajstić information content (AvgIpc) is 3.35. The third kappa shape index (κ3) is 3.51. The molecule has 0 unspecified atom stereocenters. The second-order valence-corrected chi connectivity index (χ2v) is 9.34. The maximum Gasteiger partial charge on any atom is 0.197 e. The van der Waals surface area contributed by atoms with Crippen LogP contribution in [0, 0.1) is 0 Å². The van der Waals surface area contributed by atoms with Gasteiger partial charge in [-0.05, 0) is 61.6 Å². The highest BCUT2D eigenvalue weighted by atomic mass is 32.2. The van der Waals surface area contributed by atoms with Crippen molar-refractivity contribution >= 4 is 33.3 Å². The molecule has 0 radical (unpaired) electrons. The van der Waals surface area contributed by atoms with Gasteiger partial charge in [-0.3, -0.25) is 4.98 Å². The van der Waals surface area contributed by atoms with Gasteiger partial charge in [0.05, 0.1) is 0 Å². The molecule has 7 nitrogen and oxygen atoms in total. The number of hydrogen-bond acceptors (Lipinski definition) is 8. The maximum atomic E-state index is 9.65. The number of aromatic nitrogens is 6. The van der Waals surface area contributed by atoms with E-state index >= 15 is 0 Å². The molecule has 0 saturated heterocycles. The van der Waals surface area contributed by atoms with Crippen molar-refractivity contribution in [2.75, 3.05) is 0 Å². The Labute approximate surface area is 182 Å². The summed E-state index contributed by atoms with van der Waals surface area (Å²) >= 11 is 3.31. The number of nitrogens with zero attached hydrogens (tertiary/aromatic N) is 6. The number of fused-ring (bicyclic) bond motifs is 3. The van der Waals surface area contributed by atoms with Gasteiger partial charge in [-0.1, -0.05) is 6.92 Å². The van der Waals surface area contributed by atoms with Crippen LogP contribution in [0.4, 0.5) is 0 Å². The van der Waals surface area contributed by atoms with E-state index in [-0.39, 0.29) is 6.61 Å². The molecule has 0 fully saturated rings. The van der Waals surface area contributed by atoms with Gasteiger partial charge < -0.3 is 9.67 Å². The van der Waals surface area contributed by atoms with E-state index in [1.807, 2.05) is 16.7 Å². The van der Waals surface area contributed by atoms with Crippen LogP contribution in [0.5, 0.6) is 0 Å².